The van der Waals surface area contributed by atoms with Crippen LogP contribution in [-0.4, -0.2) is 0 Å². The highest BCUT2D eigenvalue weighted by atomic mass is 35.5. The zero-order chi connectivity index (χ0) is 57.3. The molecule has 0 heterocycles. The number of benzene rings is 7. The lowest BCUT2D eigenvalue weighted by Gasteiger charge is -2.07. The van der Waals surface area contributed by atoms with Crippen molar-refractivity contribution >= 4 is 104 Å². The summed E-state index contributed by atoms with van der Waals surface area (Å²) in [7, 11) is 0. The third-order valence-corrected chi connectivity index (χ3v) is 13.6. The Balaban J connectivity index is 0.000000438. The summed E-state index contributed by atoms with van der Waals surface area (Å²) >= 11 is 52.3. The monoisotopic (exact) mass is 1200 g/mol. The van der Waals surface area contributed by atoms with Crippen LogP contribution in [0, 0.1) is 17.5 Å². The molecule has 0 N–H and O–H groups in total. The largest absolute Gasteiger partial charge is 0.207 e. The van der Waals surface area contributed by atoms with E-state index in [2.05, 4.69) is 87.4 Å². The maximum atomic E-state index is 13.0. The molecule has 12 heteroatoms. The highest BCUT2D eigenvalue weighted by Crippen LogP contribution is 2.31. The first kappa shape index (κ1) is 70.0. The zero-order valence-corrected chi connectivity index (χ0v) is 52.2. The minimum Gasteiger partial charge on any atom is -0.207 e. The third kappa shape index (κ3) is 27.4. The molecule has 408 valence electrons. The molecule has 0 saturated carbocycles. The maximum absolute atomic E-state index is 13.0. The van der Waals surface area contributed by atoms with Crippen LogP contribution in [0.2, 0.25) is 45.2 Å². The highest BCUT2D eigenvalue weighted by Gasteiger charge is 2.09. The maximum Gasteiger partial charge on any atom is 0.129 e. The average Bonchev–Trinajstić information content (AvgIpc) is 3.30. The molecular weight excluding hydrogens is 1130 g/mol. The molecule has 7 aromatic rings. The molecule has 0 bridgehead atoms. The number of halogens is 12. The first-order valence-corrected chi connectivity index (χ1v) is 28.1. The van der Waals surface area contributed by atoms with Crippen molar-refractivity contribution in [1.82, 2.24) is 0 Å². The molecule has 0 fully saturated rings. The van der Waals surface area contributed by atoms with Crippen molar-refractivity contribution in [3.8, 4) is 0 Å². The first-order chi connectivity index (χ1) is 35.0. The van der Waals surface area contributed by atoms with Crippen molar-refractivity contribution in [3.05, 3.63) is 241 Å². The van der Waals surface area contributed by atoms with Crippen LogP contribution in [0.3, 0.4) is 0 Å². The van der Waals surface area contributed by atoms with Crippen molar-refractivity contribution in [3.63, 3.8) is 0 Å². The van der Waals surface area contributed by atoms with E-state index < -0.39 is 11.6 Å². The van der Waals surface area contributed by atoms with Gasteiger partial charge in [0.15, 0.2) is 0 Å². The molecule has 0 spiro atoms. The lowest BCUT2D eigenvalue weighted by molar-refractivity contribution is 0.565. The van der Waals surface area contributed by atoms with Crippen LogP contribution in [0.15, 0.2) is 140 Å². The molecule has 0 aliphatic carbocycles. The van der Waals surface area contributed by atoms with Gasteiger partial charge in [0.25, 0.3) is 0 Å². The van der Waals surface area contributed by atoms with Gasteiger partial charge >= 0.3 is 0 Å². The van der Waals surface area contributed by atoms with Gasteiger partial charge in [-0.15, -0.1) is 0 Å². The fraction of sp³-hybridized carbons (Fsp3) is 0.333. The van der Waals surface area contributed by atoms with Gasteiger partial charge in [-0.25, -0.2) is 13.2 Å². The van der Waals surface area contributed by atoms with Crippen molar-refractivity contribution < 1.29 is 13.2 Å². The van der Waals surface area contributed by atoms with Crippen molar-refractivity contribution in [2.24, 2.45) is 0 Å². The fourth-order valence-electron chi connectivity index (χ4n) is 6.58. The van der Waals surface area contributed by atoms with Crippen LogP contribution < -0.4 is 0 Å². The molecule has 0 aliphatic heterocycles. The van der Waals surface area contributed by atoms with Gasteiger partial charge in [-0.05, 0) is 153 Å². The lowest BCUT2D eigenvalue weighted by atomic mass is 10.0. The van der Waals surface area contributed by atoms with Gasteiger partial charge < -0.3 is 0 Å². The zero-order valence-electron chi connectivity index (χ0n) is 45.4. The van der Waals surface area contributed by atoms with Crippen LogP contribution in [0.5, 0.6) is 0 Å². The smallest absolute Gasteiger partial charge is 0.129 e. The molecule has 0 nitrogen and oxygen atoms in total. The van der Waals surface area contributed by atoms with E-state index in [1.165, 1.54) is 34.9 Å². The van der Waals surface area contributed by atoms with Crippen LogP contribution in [-0.2, 0) is 0 Å². The van der Waals surface area contributed by atoms with E-state index in [4.69, 9.17) is 104 Å². The minimum atomic E-state index is -0.521. The SMILES string of the molecule is CC(C)c1cc(Cl)cc(Cl)c1.CC(C)c1ccc(Cl)cc1.CC(C)c1ccc(Cl)cc1Cl.CC(C)c1ccc(Cl)cc1F.CC(C)c1ccc(F)cc1F.CC(C)c1cccc(Cl)c1Cl.CC(C)c1ccccc1Cl. The first-order valence-electron chi connectivity index (χ1n) is 24.7. The van der Waals surface area contributed by atoms with Gasteiger partial charge in [0.1, 0.15) is 17.5 Å². The van der Waals surface area contributed by atoms with Gasteiger partial charge in [-0.1, -0.05) is 262 Å². The Morgan fingerprint density at radius 2 is 0.653 bits per heavy atom. The summed E-state index contributed by atoms with van der Waals surface area (Å²) in [5.41, 5.74) is 7.28. The van der Waals surface area contributed by atoms with Crippen molar-refractivity contribution in [2.45, 2.75) is 138 Å². The number of rotatable bonds is 7. The van der Waals surface area contributed by atoms with Crippen LogP contribution in [0.1, 0.15) is 177 Å². The second-order valence-electron chi connectivity index (χ2n) is 19.5. The highest BCUT2D eigenvalue weighted by molar-refractivity contribution is 6.42. The summed E-state index contributed by atoms with van der Waals surface area (Å²) in [5, 5.41) is 6.32. The predicted octanol–water partition coefficient (Wildman–Crippen LogP) is 26.0. The van der Waals surface area contributed by atoms with E-state index in [1.807, 2.05) is 94.4 Å². The second-order valence-corrected chi connectivity index (χ2v) is 23.3. The molecule has 0 aromatic heterocycles. The molecule has 0 saturated heterocycles. The quantitative estimate of drug-likeness (QED) is 0.149. The van der Waals surface area contributed by atoms with Crippen molar-refractivity contribution in [1.29, 1.82) is 0 Å². The average molecular weight is 1210 g/mol. The van der Waals surface area contributed by atoms with E-state index in [-0.39, 0.29) is 17.7 Å². The normalized spacial score (nSPS) is 10.6. The van der Waals surface area contributed by atoms with Gasteiger partial charge in [0, 0.05) is 41.2 Å². The molecule has 0 radical (unpaired) electrons. The van der Waals surface area contributed by atoms with E-state index in [9.17, 15) is 13.2 Å². The van der Waals surface area contributed by atoms with E-state index in [1.54, 1.807) is 30.3 Å². The Labute approximate surface area is 493 Å². The lowest BCUT2D eigenvalue weighted by Crippen LogP contribution is -1.92. The van der Waals surface area contributed by atoms with Gasteiger partial charge in [-0.3, -0.25) is 0 Å². The summed E-state index contributed by atoms with van der Waals surface area (Å²) in [6, 6.07) is 41.3. The second kappa shape index (κ2) is 36.2. The summed E-state index contributed by atoms with van der Waals surface area (Å²) in [5.74, 6) is 1.61. The standard InChI is InChI=1S/3C9H10Cl2.C9H10ClF.2C9H11Cl.C9H10F2/c1-6(2)7-3-8(10)5-9(11)4-7;1-6(2)8-4-3-7(10)5-9(8)11;1-6(2)7-4-3-5-8(10)9(7)11;1-6(2)8-4-3-7(10)5-9(8)11;1-7(2)8-3-5-9(10)6-4-8;1-7(2)8-5-3-4-6-9(8)10;1-6(2)8-4-3-7(10)5-9(8)11/h4*3-6H,1-2H3;2*3-7H,1-2H3;3-6H,1-2H3. The van der Waals surface area contributed by atoms with Crippen LogP contribution in [0.4, 0.5) is 13.2 Å². The summed E-state index contributed by atoms with van der Waals surface area (Å²) < 4.78 is 38.2. The van der Waals surface area contributed by atoms with Gasteiger partial charge in [0.05, 0.1) is 10.0 Å². The van der Waals surface area contributed by atoms with Crippen molar-refractivity contribution in [2.75, 3.05) is 0 Å². The molecule has 0 amide bonds. The Kier molecular flexibility index (Phi) is 33.7. The summed E-state index contributed by atoms with van der Waals surface area (Å²) in [6.07, 6.45) is 0. The third-order valence-electron chi connectivity index (χ3n) is 11.0. The number of hydrogen-bond donors (Lipinski definition) is 0. The summed E-state index contributed by atoms with van der Waals surface area (Å²) in [4.78, 5) is 0. The predicted molar refractivity (Wildman–Crippen MR) is 329 cm³/mol. The molecule has 0 aliphatic rings. The van der Waals surface area contributed by atoms with Gasteiger partial charge in [0.2, 0.25) is 0 Å². The minimum absolute atomic E-state index is 0.107. The Morgan fingerprint density at radius 3 is 1.05 bits per heavy atom. The molecular formula is C63H72Cl9F3. The fourth-order valence-corrected chi connectivity index (χ4v) is 8.91. The summed E-state index contributed by atoms with van der Waals surface area (Å²) in [6.45, 7) is 28.9. The van der Waals surface area contributed by atoms with Crippen LogP contribution in [0.25, 0.3) is 0 Å². The topological polar surface area (TPSA) is 0 Å². The Hall–Kier alpha value is -3.06. The van der Waals surface area contributed by atoms with Crippen LogP contribution >= 0.6 is 104 Å². The van der Waals surface area contributed by atoms with E-state index in [0.717, 1.165) is 37.8 Å². The molecule has 75 heavy (non-hydrogen) atoms. The molecule has 7 rings (SSSR count). The van der Waals surface area contributed by atoms with E-state index >= 15 is 0 Å². The Bertz CT molecular complexity index is 2600. The Morgan fingerprint density at radius 1 is 0.267 bits per heavy atom. The van der Waals surface area contributed by atoms with Gasteiger partial charge in [-0.2, -0.15) is 0 Å². The number of hydrogen-bond acceptors (Lipinski definition) is 0. The van der Waals surface area contributed by atoms with E-state index in [0.29, 0.717) is 65.3 Å². The molecule has 7 aromatic carbocycles. The molecule has 0 atom stereocenters. The molecule has 0 unspecified atom stereocenters.